The summed E-state index contributed by atoms with van der Waals surface area (Å²) < 4.78 is 0. The van der Waals surface area contributed by atoms with Crippen LogP contribution in [0.4, 0.5) is 0 Å². The van der Waals surface area contributed by atoms with Gasteiger partial charge in [0.2, 0.25) is 0 Å². The van der Waals surface area contributed by atoms with E-state index in [0.717, 1.165) is 0 Å². The lowest BCUT2D eigenvalue weighted by Crippen LogP contribution is -2.06. The van der Waals surface area contributed by atoms with Gasteiger partial charge in [-0.3, -0.25) is 0 Å². The first-order valence-corrected chi connectivity index (χ1v) is 4.39. The molecule has 0 radical (unpaired) electrons. The molecule has 0 saturated heterocycles. The fourth-order valence-corrected chi connectivity index (χ4v) is 0.521. The van der Waals surface area contributed by atoms with E-state index < -0.39 is 6.10 Å². The second kappa shape index (κ2) is 10.2. The molecule has 0 heterocycles. The van der Waals surface area contributed by atoms with Crippen molar-refractivity contribution in [1.82, 2.24) is 0 Å². The van der Waals surface area contributed by atoms with E-state index >= 15 is 0 Å². The summed E-state index contributed by atoms with van der Waals surface area (Å²) in [5, 5.41) is 17.3. The highest BCUT2D eigenvalue weighted by Crippen LogP contribution is 1.81. The summed E-state index contributed by atoms with van der Waals surface area (Å²) in [6.07, 6.45) is 5.48. The lowest BCUT2D eigenvalue weighted by molar-refractivity contribution is 0.131. The molecule has 0 aliphatic rings. The van der Waals surface area contributed by atoms with Gasteiger partial charge in [-0.2, -0.15) is 0 Å². The number of allylic oxidation sites excluding steroid dienone is 3. The third-order valence-electron chi connectivity index (χ3n) is 1.17. The van der Waals surface area contributed by atoms with E-state index in [1.54, 1.807) is 6.08 Å². The average Bonchev–Trinajstić information content (AvgIpc) is 2.26. The fraction of sp³-hybridized carbons (Fsp3) is 0.231. The first-order valence-electron chi connectivity index (χ1n) is 4.39. The number of aliphatic hydroxyl groups excluding tert-OH is 2. The van der Waals surface area contributed by atoms with Crippen molar-refractivity contribution in [3.05, 3.63) is 24.3 Å². The first kappa shape index (κ1) is 13.1. The highest BCUT2D eigenvalue weighted by atomic mass is 16.3. The molecule has 0 amide bonds. The van der Waals surface area contributed by atoms with Gasteiger partial charge in [0.05, 0.1) is 12.7 Å². The standard InChI is InChI=1S/C13H12O2/c1-2-3-4-5-6-7-8-9-10-11-13(15)12-14/h2-3,10-11,13-15H,12H2,1H3/b3-2+,11-10+/t13-/m0/s1. The van der Waals surface area contributed by atoms with E-state index in [2.05, 4.69) is 35.5 Å². The maximum Gasteiger partial charge on any atom is 0.0960 e. The normalized spacial score (nSPS) is 10.9. The zero-order valence-corrected chi connectivity index (χ0v) is 8.49. The molecule has 2 N–H and O–H groups in total. The van der Waals surface area contributed by atoms with Crippen LogP contribution < -0.4 is 0 Å². The van der Waals surface area contributed by atoms with E-state index in [-0.39, 0.29) is 6.61 Å². The van der Waals surface area contributed by atoms with E-state index in [9.17, 15) is 0 Å². The average molecular weight is 200 g/mol. The van der Waals surface area contributed by atoms with Crippen LogP contribution in [0.1, 0.15) is 6.92 Å². The minimum absolute atomic E-state index is 0.307. The number of hydrogen-bond donors (Lipinski definition) is 2. The van der Waals surface area contributed by atoms with Crippen molar-refractivity contribution >= 4 is 0 Å². The van der Waals surface area contributed by atoms with Gasteiger partial charge < -0.3 is 10.2 Å². The van der Waals surface area contributed by atoms with Crippen LogP contribution in [0.3, 0.4) is 0 Å². The molecule has 0 aromatic carbocycles. The zero-order valence-electron chi connectivity index (χ0n) is 8.49. The quantitative estimate of drug-likeness (QED) is 0.637. The van der Waals surface area contributed by atoms with Gasteiger partial charge in [0, 0.05) is 0 Å². The third-order valence-corrected chi connectivity index (χ3v) is 1.17. The zero-order chi connectivity index (χ0) is 11.4. The molecule has 0 saturated carbocycles. The maximum absolute atomic E-state index is 8.89. The minimum Gasteiger partial charge on any atom is -0.393 e. The predicted molar refractivity (Wildman–Crippen MR) is 60.4 cm³/mol. The lowest BCUT2D eigenvalue weighted by atomic mass is 10.3. The van der Waals surface area contributed by atoms with Crippen LogP contribution in [-0.4, -0.2) is 22.9 Å². The van der Waals surface area contributed by atoms with Gasteiger partial charge in [-0.1, -0.05) is 17.9 Å². The molecule has 0 rings (SSSR count). The second-order valence-electron chi connectivity index (χ2n) is 2.40. The molecular formula is C13H12O2. The van der Waals surface area contributed by atoms with Crippen molar-refractivity contribution in [1.29, 1.82) is 0 Å². The molecule has 2 heteroatoms. The van der Waals surface area contributed by atoms with Gasteiger partial charge in [-0.05, 0) is 48.8 Å². The summed E-state index contributed by atoms with van der Waals surface area (Å²) in [6, 6.07) is 0. The van der Waals surface area contributed by atoms with Crippen LogP contribution in [0.2, 0.25) is 0 Å². The second-order valence-corrected chi connectivity index (χ2v) is 2.40. The Morgan fingerprint density at radius 1 is 1.07 bits per heavy atom. The molecule has 0 bridgehead atoms. The van der Waals surface area contributed by atoms with Gasteiger partial charge in [0.1, 0.15) is 0 Å². The third kappa shape index (κ3) is 10.00. The Hall–Kier alpha value is -1.92. The van der Waals surface area contributed by atoms with Gasteiger partial charge in [0.15, 0.2) is 0 Å². The van der Waals surface area contributed by atoms with Crippen LogP contribution in [0.25, 0.3) is 0 Å². The maximum atomic E-state index is 8.89. The topological polar surface area (TPSA) is 40.5 Å². The fourth-order valence-electron chi connectivity index (χ4n) is 0.521. The summed E-state index contributed by atoms with van der Waals surface area (Å²) in [4.78, 5) is 0. The van der Waals surface area contributed by atoms with Gasteiger partial charge >= 0.3 is 0 Å². The highest BCUT2D eigenvalue weighted by molar-refractivity contribution is 5.39. The van der Waals surface area contributed by atoms with Crippen molar-refractivity contribution < 1.29 is 10.2 Å². The molecule has 15 heavy (non-hydrogen) atoms. The van der Waals surface area contributed by atoms with Crippen molar-refractivity contribution in [3.63, 3.8) is 0 Å². The van der Waals surface area contributed by atoms with Crippen molar-refractivity contribution in [2.45, 2.75) is 13.0 Å². The van der Waals surface area contributed by atoms with E-state index in [1.807, 2.05) is 13.0 Å². The molecule has 76 valence electrons. The molecule has 0 spiro atoms. The van der Waals surface area contributed by atoms with Gasteiger partial charge in [-0.15, -0.1) is 0 Å². The summed E-state index contributed by atoms with van der Waals surface area (Å²) in [5.74, 6) is 15.4. The minimum atomic E-state index is -0.859. The summed E-state index contributed by atoms with van der Waals surface area (Å²) in [6.45, 7) is 1.57. The van der Waals surface area contributed by atoms with Crippen molar-refractivity contribution in [2.75, 3.05) is 6.61 Å². The Morgan fingerprint density at radius 2 is 1.67 bits per heavy atom. The Labute approximate surface area is 90.3 Å². The Kier molecular flexibility index (Phi) is 8.86. The molecule has 0 aliphatic heterocycles. The SMILES string of the molecule is C/C=C/C#CC#CC#C/C=C/[C@H](O)CO. The van der Waals surface area contributed by atoms with E-state index in [1.165, 1.54) is 12.2 Å². The Morgan fingerprint density at radius 3 is 2.20 bits per heavy atom. The van der Waals surface area contributed by atoms with Crippen molar-refractivity contribution in [3.8, 4) is 35.5 Å². The Bertz CT molecular complexity index is 397. The van der Waals surface area contributed by atoms with Crippen LogP contribution in [-0.2, 0) is 0 Å². The molecule has 0 aromatic heterocycles. The monoisotopic (exact) mass is 200 g/mol. The van der Waals surface area contributed by atoms with Crippen LogP contribution in [0.15, 0.2) is 24.3 Å². The summed E-state index contributed by atoms with van der Waals surface area (Å²) >= 11 is 0. The predicted octanol–water partition coefficient (Wildman–Crippen LogP) is 0.482. The van der Waals surface area contributed by atoms with E-state index in [0.29, 0.717) is 0 Å². The number of rotatable bonds is 2. The first-order chi connectivity index (χ1) is 7.31. The van der Waals surface area contributed by atoms with Crippen LogP contribution >= 0.6 is 0 Å². The summed E-state index contributed by atoms with van der Waals surface area (Å²) in [7, 11) is 0. The van der Waals surface area contributed by atoms with Gasteiger partial charge in [-0.25, -0.2) is 0 Å². The molecule has 0 aliphatic carbocycles. The lowest BCUT2D eigenvalue weighted by Gasteiger charge is -1.94. The largest absolute Gasteiger partial charge is 0.393 e. The molecule has 0 unspecified atom stereocenters. The molecule has 0 fully saturated rings. The molecular weight excluding hydrogens is 188 g/mol. The molecule has 1 atom stereocenters. The summed E-state index contributed by atoms with van der Waals surface area (Å²) in [5.41, 5.74) is 0. The van der Waals surface area contributed by atoms with Crippen LogP contribution in [0.5, 0.6) is 0 Å². The van der Waals surface area contributed by atoms with Gasteiger partial charge in [0.25, 0.3) is 0 Å². The molecule has 2 nitrogen and oxygen atoms in total. The van der Waals surface area contributed by atoms with Crippen LogP contribution in [0, 0.1) is 35.5 Å². The number of hydrogen-bond acceptors (Lipinski definition) is 2. The smallest absolute Gasteiger partial charge is 0.0960 e. The highest BCUT2D eigenvalue weighted by Gasteiger charge is 1.90. The number of aliphatic hydroxyl groups is 2. The molecule has 0 aromatic rings. The Balaban J connectivity index is 4.01. The van der Waals surface area contributed by atoms with E-state index in [4.69, 9.17) is 10.2 Å². The van der Waals surface area contributed by atoms with Crippen molar-refractivity contribution in [2.24, 2.45) is 0 Å².